The molecule has 2 heterocycles. The smallest absolute Gasteiger partial charge is 0.277 e. The van der Waals surface area contributed by atoms with Gasteiger partial charge in [-0.15, -0.1) is 0 Å². The number of imidazole rings is 1. The van der Waals surface area contributed by atoms with Crippen molar-refractivity contribution in [2.24, 2.45) is 0 Å². The van der Waals surface area contributed by atoms with E-state index in [0.717, 1.165) is 20.6 Å². The first-order valence-corrected chi connectivity index (χ1v) is 9.69. The Balaban J connectivity index is 1.95. The number of amides is 3. The minimum atomic E-state index is -0.524. The van der Waals surface area contributed by atoms with Gasteiger partial charge >= 0.3 is 0 Å². The minimum absolute atomic E-state index is 0.0576. The number of imide groups is 1. The van der Waals surface area contributed by atoms with Crippen molar-refractivity contribution in [3.8, 4) is 0 Å². The molecule has 0 aliphatic carbocycles. The molecule has 1 fully saturated rings. The van der Waals surface area contributed by atoms with Crippen molar-refractivity contribution in [1.29, 1.82) is 0 Å². The van der Waals surface area contributed by atoms with Crippen molar-refractivity contribution in [3.63, 3.8) is 0 Å². The Hall–Kier alpha value is -2.74. The quantitative estimate of drug-likeness (QED) is 0.734. The van der Waals surface area contributed by atoms with E-state index in [2.05, 4.69) is 26.2 Å². The SMILES string of the molecule is CC(=O)N1CC(=O)N/C(=C\c2ncn(Cc3ccc(Br)cc3)c2C(C)C)C1=O. The highest BCUT2D eigenvalue weighted by atomic mass is 79.9. The van der Waals surface area contributed by atoms with Gasteiger partial charge in [0, 0.05) is 23.6 Å². The number of aromatic nitrogens is 2. The summed E-state index contributed by atoms with van der Waals surface area (Å²) in [5, 5.41) is 2.56. The lowest BCUT2D eigenvalue weighted by molar-refractivity contribution is -0.147. The van der Waals surface area contributed by atoms with Gasteiger partial charge in [0.2, 0.25) is 11.8 Å². The molecule has 0 unspecified atom stereocenters. The predicted octanol–water partition coefficient (Wildman–Crippen LogP) is 2.66. The Morgan fingerprint density at radius 3 is 2.57 bits per heavy atom. The summed E-state index contributed by atoms with van der Waals surface area (Å²) in [4.78, 5) is 41.4. The first-order valence-electron chi connectivity index (χ1n) is 8.89. The van der Waals surface area contributed by atoms with Crippen molar-refractivity contribution in [2.45, 2.75) is 33.2 Å². The highest BCUT2D eigenvalue weighted by Gasteiger charge is 2.31. The van der Waals surface area contributed by atoms with Gasteiger partial charge in [-0.25, -0.2) is 4.98 Å². The third-order valence-electron chi connectivity index (χ3n) is 4.43. The lowest BCUT2D eigenvalue weighted by atomic mass is 10.1. The van der Waals surface area contributed by atoms with E-state index < -0.39 is 17.7 Å². The van der Waals surface area contributed by atoms with Crippen molar-refractivity contribution < 1.29 is 14.4 Å². The first kappa shape index (κ1) is 20.0. The lowest BCUT2D eigenvalue weighted by Crippen LogP contribution is -2.51. The fraction of sp³-hybridized carbons (Fsp3) is 0.300. The number of benzene rings is 1. The fourth-order valence-electron chi connectivity index (χ4n) is 3.15. The molecule has 1 N–H and O–H groups in total. The van der Waals surface area contributed by atoms with Crippen LogP contribution in [-0.2, 0) is 20.9 Å². The van der Waals surface area contributed by atoms with Gasteiger partial charge in [-0.05, 0) is 29.7 Å². The standard InChI is InChI=1S/C20H21BrN4O3/c1-12(2)19-16(8-17-20(28)25(13(3)26)10-18(27)23-17)22-11-24(19)9-14-4-6-15(21)7-5-14/h4-8,11-12H,9-10H2,1-3H3,(H,23,27)/b17-8-. The van der Waals surface area contributed by atoms with E-state index in [0.29, 0.717) is 12.2 Å². The summed E-state index contributed by atoms with van der Waals surface area (Å²) in [5.74, 6) is -1.25. The number of nitrogens with one attached hydrogen (secondary N) is 1. The predicted molar refractivity (Wildman–Crippen MR) is 108 cm³/mol. The number of halogens is 1. The highest BCUT2D eigenvalue weighted by Crippen LogP contribution is 2.23. The molecule has 1 aromatic heterocycles. The third kappa shape index (κ3) is 4.22. The van der Waals surface area contributed by atoms with Crippen LogP contribution in [0.1, 0.15) is 43.6 Å². The maximum Gasteiger partial charge on any atom is 0.277 e. The molecule has 0 saturated carbocycles. The minimum Gasteiger partial charge on any atom is -0.329 e. The van der Waals surface area contributed by atoms with Crippen LogP contribution in [0.2, 0.25) is 0 Å². The van der Waals surface area contributed by atoms with Gasteiger partial charge in [0.05, 0.1) is 12.0 Å². The Morgan fingerprint density at radius 2 is 1.96 bits per heavy atom. The third-order valence-corrected chi connectivity index (χ3v) is 4.96. The van der Waals surface area contributed by atoms with Crippen molar-refractivity contribution in [3.05, 3.63) is 57.7 Å². The van der Waals surface area contributed by atoms with E-state index in [1.165, 1.54) is 6.92 Å². The number of nitrogens with zero attached hydrogens (tertiary/aromatic N) is 3. The number of hydrogen-bond acceptors (Lipinski definition) is 4. The lowest BCUT2D eigenvalue weighted by Gasteiger charge is -2.25. The van der Waals surface area contributed by atoms with Crippen LogP contribution in [0, 0.1) is 0 Å². The Morgan fingerprint density at radius 1 is 1.29 bits per heavy atom. The second-order valence-electron chi connectivity index (χ2n) is 6.94. The molecule has 0 radical (unpaired) electrons. The molecule has 8 heteroatoms. The average molecular weight is 445 g/mol. The largest absolute Gasteiger partial charge is 0.329 e. The second-order valence-corrected chi connectivity index (χ2v) is 7.86. The van der Waals surface area contributed by atoms with Crippen LogP contribution in [0.4, 0.5) is 0 Å². The molecule has 3 rings (SSSR count). The summed E-state index contributed by atoms with van der Waals surface area (Å²) in [7, 11) is 0. The Bertz CT molecular complexity index is 960. The molecular formula is C20H21BrN4O3. The van der Waals surface area contributed by atoms with E-state index in [1.807, 2.05) is 42.7 Å². The Kier molecular flexibility index (Phi) is 5.79. The summed E-state index contributed by atoms with van der Waals surface area (Å²) >= 11 is 3.43. The molecule has 2 aromatic rings. The van der Waals surface area contributed by atoms with E-state index in [1.54, 1.807) is 12.4 Å². The van der Waals surface area contributed by atoms with Crippen LogP contribution in [0.3, 0.4) is 0 Å². The van der Waals surface area contributed by atoms with Crippen LogP contribution in [0.5, 0.6) is 0 Å². The van der Waals surface area contributed by atoms with Crippen LogP contribution in [0.15, 0.2) is 40.8 Å². The maximum absolute atomic E-state index is 12.5. The number of rotatable bonds is 4. The molecule has 0 atom stereocenters. The molecule has 1 aliphatic heterocycles. The zero-order valence-corrected chi connectivity index (χ0v) is 17.5. The number of carbonyl (C=O) groups is 3. The van der Waals surface area contributed by atoms with Crippen LogP contribution >= 0.6 is 15.9 Å². The molecule has 1 saturated heterocycles. The van der Waals surface area contributed by atoms with E-state index in [9.17, 15) is 14.4 Å². The van der Waals surface area contributed by atoms with Gasteiger partial charge in [0.1, 0.15) is 12.2 Å². The summed E-state index contributed by atoms with van der Waals surface area (Å²) in [5.41, 5.74) is 2.72. The maximum atomic E-state index is 12.5. The molecule has 1 aliphatic rings. The molecule has 28 heavy (non-hydrogen) atoms. The molecule has 0 spiro atoms. The Labute approximate surface area is 171 Å². The average Bonchev–Trinajstić information content (AvgIpc) is 3.02. The van der Waals surface area contributed by atoms with Crippen LogP contribution in [-0.4, -0.2) is 38.7 Å². The van der Waals surface area contributed by atoms with Gasteiger partial charge in [0.25, 0.3) is 5.91 Å². The summed E-state index contributed by atoms with van der Waals surface area (Å²) < 4.78 is 3.04. The summed E-state index contributed by atoms with van der Waals surface area (Å²) in [6, 6.07) is 8.03. The normalized spacial score (nSPS) is 16.0. The summed E-state index contributed by atoms with van der Waals surface area (Å²) in [6.07, 6.45) is 3.27. The van der Waals surface area contributed by atoms with Crippen molar-refractivity contribution in [1.82, 2.24) is 19.8 Å². The monoisotopic (exact) mass is 444 g/mol. The second kappa shape index (κ2) is 8.10. The number of carbonyl (C=O) groups excluding carboxylic acids is 3. The van der Waals surface area contributed by atoms with Gasteiger partial charge < -0.3 is 9.88 Å². The first-order chi connectivity index (χ1) is 13.3. The molecule has 146 valence electrons. The topological polar surface area (TPSA) is 84.3 Å². The van der Waals surface area contributed by atoms with Gasteiger partial charge in [-0.1, -0.05) is 41.9 Å². The number of hydrogen-bond donors (Lipinski definition) is 1. The zero-order chi connectivity index (χ0) is 20.4. The molecule has 1 aromatic carbocycles. The highest BCUT2D eigenvalue weighted by molar-refractivity contribution is 9.10. The van der Waals surface area contributed by atoms with Crippen LogP contribution < -0.4 is 5.32 Å². The van der Waals surface area contributed by atoms with Gasteiger partial charge in [0.15, 0.2) is 0 Å². The van der Waals surface area contributed by atoms with Crippen molar-refractivity contribution in [2.75, 3.05) is 6.54 Å². The van der Waals surface area contributed by atoms with Gasteiger partial charge in [-0.2, -0.15) is 0 Å². The fourth-order valence-corrected chi connectivity index (χ4v) is 3.42. The molecular weight excluding hydrogens is 424 g/mol. The van der Waals surface area contributed by atoms with Crippen LogP contribution in [0.25, 0.3) is 6.08 Å². The molecule has 0 bridgehead atoms. The van der Waals surface area contributed by atoms with E-state index in [-0.39, 0.29) is 18.2 Å². The molecule has 3 amide bonds. The van der Waals surface area contributed by atoms with Gasteiger partial charge in [-0.3, -0.25) is 19.3 Å². The summed E-state index contributed by atoms with van der Waals surface area (Å²) in [6.45, 7) is 5.72. The van der Waals surface area contributed by atoms with E-state index in [4.69, 9.17) is 0 Å². The molecule has 7 nitrogen and oxygen atoms in total. The zero-order valence-electron chi connectivity index (χ0n) is 15.9. The van der Waals surface area contributed by atoms with Crippen molar-refractivity contribution >= 4 is 39.7 Å². The number of piperazine rings is 1. The van der Waals surface area contributed by atoms with E-state index >= 15 is 0 Å².